The summed E-state index contributed by atoms with van der Waals surface area (Å²) in [4.78, 5) is 12.6. The number of ether oxygens (including phenoxy) is 2. The first kappa shape index (κ1) is 18.2. The Labute approximate surface area is 164 Å². The minimum absolute atomic E-state index is 0.0148. The Kier molecular flexibility index (Phi) is 4.77. The molecule has 1 heterocycles. The number of rotatable bonds is 5. The molecule has 0 radical (unpaired) electrons. The molecule has 27 heavy (non-hydrogen) atoms. The van der Waals surface area contributed by atoms with Gasteiger partial charge in [-0.15, -0.1) is 0 Å². The van der Waals surface area contributed by atoms with Gasteiger partial charge in [0, 0.05) is 22.9 Å². The van der Waals surface area contributed by atoms with Gasteiger partial charge in [-0.25, -0.2) is 0 Å². The van der Waals surface area contributed by atoms with Gasteiger partial charge < -0.3 is 14.8 Å². The van der Waals surface area contributed by atoms with E-state index < -0.39 is 0 Å². The van der Waals surface area contributed by atoms with Gasteiger partial charge in [-0.1, -0.05) is 49.7 Å². The number of fused-ring (bicyclic) bond motifs is 1. The van der Waals surface area contributed by atoms with E-state index in [2.05, 4.69) is 19.2 Å². The van der Waals surface area contributed by atoms with Crippen LogP contribution in [0.4, 0.5) is 0 Å². The lowest BCUT2D eigenvalue weighted by atomic mass is 9.84. The van der Waals surface area contributed by atoms with Crippen LogP contribution in [0.2, 0.25) is 5.02 Å². The summed E-state index contributed by atoms with van der Waals surface area (Å²) < 4.78 is 11.3. The molecular weight excluding hydrogens is 362 g/mol. The van der Waals surface area contributed by atoms with Gasteiger partial charge in [-0.2, -0.15) is 0 Å². The Balaban J connectivity index is 1.38. The van der Waals surface area contributed by atoms with E-state index in [-0.39, 0.29) is 23.2 Å². The number of benzene rings is 2. The number of amides is 1. The van der Waals surface area contributed by atoms with Crippen molar-refractivity contribution in [3.05, 3.63) is 58.6 Å². The molecular formula is C22H24ClNO3. The highest BCUT2D eigenvalue weighted by atomic mass is 35.5. The number of hydrogen-bond donors (Lipinski definition) is 1. The van der Waals surface area contributed by atoms with E-state index in [1.165, 1.54) is 0 Å². The summed E-state index contributed by atoms with van der Waals surface area (Å²) in [7, 11) is 0. The predicted molar refractivity (Wildman–Crippen MR) is 106 cm³/mol. The van der Waals surface area contributed by atoms with Crippen LogP contribution in [0.3, 0.4) is 0 Å². The zero-order chi connectivity index (χ0) is 19.0. The Morgan fingerprint density at radius 1 is 1.15 bits per heavy atom. The molecule has 2 atom stereocenters. The highest BCUT2D eigenvalue weighted by Gasteiger charge is 2.45. The molecule has 0 aromatic heterocycles. The fourth-order valence-corrected chi connectivity index (χ4v) is 3.89. The number of carbonyl (C=O) groups excluding carboxylic acids is 1. The molecule has 1 aliphatic heterocycles. The first-order valence-electron chi connectivity index (χ1n) is 9.38. The van der Waals surface area contributed by atoms with Crippen LogP contribution in [0.25, 0.3) is 0 Å². The van der Waals surface area contributed by atoms with Crippen LogP contribution in [0.1, 0.15) is 37.3 Å². The molecule has 4 nitrogen and oxygen atoms in total. The monoisotopic (exact) mass is 385 g/mol. The lowest BCUT2D eigenvalue weighted by molar-refractivity contribution is -0.122. The normalized spacial score (nSPS) is 20.9. The molecule has 1 fully saturated rings. The van der Waals surface area contributed by atoms with Crippen molar-refractivity contribution in [3.8, 4) is 11.5 Å². The summed E-state index contributed by atoms with van der Waals surface area (Å²) in [6.45, 7) is 5.96. The molecule has 2 unspecified atom stereocenters. The third-order valence-corrected chi connectivity index (χ3v) is 5.80. The highest BCUT2D eigenvalue weighted by molar-refractivity contribution is 6.31. The largest absolute Gasteiger partial charge is 0.486 e. The Morgan fingerprint density at radius 2 is 1.89 bits per heavy atom. The Hall–Kier alpha value is -2.20. The maximum atomic E-state index is 12.6. The molecule has 1 saturated carbocycles. The minimum Gasteiger partial charge on any atom is -0.486 e. The van der Waals surface area contributed by atoms with Crippen LogP contribution in [0.5, 0.6) is 11.5 Å². The molecule has 1 N–H and O–H groups in total. The lowest BCUT2D eigenvalue weighted by Crippen LogP contribution is -2.37. The SMILES string of the molecule is CC(C)(CNC(=O)C1CC1c1ccccc1Cl)c1ccc2c(c1)OCCO2. The van der Waals surface area contributed by atoms with Crippen molar-refractivity contribution in [2.45, 2.75) is 31.6 Å². The second kappa shape index (κ2) is 7.08. The molecule has 5 heteroatoms. The molecule has 142 valence electrons. The van der Waals surface area contributed by atoms with Gasteiger partial charge in [0.1, 0.15) is 13.2 Å². The van der Waals surface area contributed by atoms with Crippen LogP contribution in [-0.4, -0.2) is 25.7 Å². The third kappa shape index (κ3) is 3.77. The van der Waals surface area contributed by atoms with E-state index in [0.717, 1.165) is 34.1 Å². The van der Waals surface area contributed by atoms with Crippen LogP contribution in [0, 0.1) is 5.92 Å². The standard InChI is InChI=1S/C22H24ClNO3/c1-22(2,14-7-8-19-20(11-14)27-10-9-26-19)13-24-21(25)17-12-16(17)15-5-3-4-6-18(15)23/h3-8,11,16-17H,9-10,12-13H2,1-2H3,(H,24,25). The van der Waals surface area contributed by atoms with Gasteiger partial charge in [0.15, 0.2) is 11.5 Å². The van der Waals surface area contributed by atoms with Crippen molar-refractivity contribution in [2.24, 2.45) is 5.92 Å². The van der Waals surface area contributed by atoms with Gasteiger partial charge in [-0.05, 0) is 41.7 Å². The fourth-order valence-electron chi connectivity index (χ4n) is 3.61. The van der Waals surface area contributed by atoms with Crippen LogP contribution < -0.4 is 14.8 Å². The van der Waals surface area contributed by atoms with E-state index in [1.807, 2.05) is 42.5 Å². The zero-order valence-corrected chi connectivity index (χ0v) is 16.4. The number of nitrogens with one attached hydrogen (secondary N) is 1. The average Bonchev–Trinajstić information content (AvgIpc) is 3.47. The van der Waals surface area contributed by atoms with Gasteiger partial charge >= 0.3 is 0 Å². The first-order chi connectivity index (χ1) is 13.0. The first-order valence-corrected chi connectivity index (χ1v) is 9.76. The van der Waals surface area contributed by atoms with Gasteiger partial charge in [-0.3, -0.25) is 4.79 Å². The van der Waals surface area contributed by atoms with Crippen molar-refractivity contribution in [1.82, 2.24) is 5.32 Å². The van der Waals surface area contributed by atoms with Crippen molar-refractivity contribution in [2.75, 3.05) is 19.8 Å². The second-order valence-corrected chi connectivity index (χ2v) is 8.34. The van der Waals surface area contributed by atoms with E-state index >= 15 is 0 Å². The highest BCUT2D eigenvalue weighted by Crippen LogP contribution is 2.49. The summed E-state index contributed by atoms with van der Waals surface area (Å²) in [5, 5.41) is 3.87. The van der Waals surface area contributed by atoms with Gasteiger partial charge in [0.2, 0.25) is 5.91 Å². The Morgan fingerprint density at radius 3 is 2.67 bits per heavy atom. The molecule has 4 rings (SSSR count). The van der Waals surface area contributed by atoms with Crippen LogP contribution in [0.15, 0.2) is 42.5 Å². The molecule has 0 bridgehead atoms. The van der Waals surface area contributed by atoms with E-state index in [1.54, 1.807) is 0 Å². The molecule has 1 amide bonds. The van der Waals surface area contributed by atoms with Crippen LogP contribution in [-0.2, 0) is 10.2 Å². The Bertz CT molecular complexity index is 864. The fraction of sp³-hybridized carbons (Fsp3) is 0.409. The van der Waals surface area contributed by atoms with Crippen molar-refractivity contribution in [1.29, 1.82) is 0 Å². The van der Waals surface area contributed by atoms with E-state index in [9.17, 15) is 4.79 Å². The zero-order valence-electron chi connectivity index (χ0n) is 15.6. The maximum absolute atomic E-state index is 12.6. The molecule has 2 aromatic carbocycles. The van der Waals surface area contributed by atoms with Crippen molar-refractivity contribution in [3.63, 3.8) is 0 Å². The predicted octanol–water partition coefficient (Wildman–Crippen LogP) is 4.31. The number of hydrogen-bond acceptors (Lipinski definition) is 3. The maximum Gasteiger partial charge on any atom is 0.223 e. The molecule has 2 aliphatic rings. The van der Waals surface area contributed by atoms with Crippen molar-refractivity contribution >= 4 is 17.5 Å². The summed E-state index contributed by atoms with van der Waals surface area (Å²) in [5.74, 6) is 1.91. The third-order valence-electron chi connectivity index (χ3n) is 5.46. The smallest absolute Gasteiger partial charge is 0.223 e. The van der Waals surface area contributed by atoms with Crippen molar-refractivity contribution < 1.29 is 14.3 Å². The summed E-state index contributed by atoms with van der Waals surface area (Å²) in [6, 6.07) is 13.8. The van der Waals surface area contributed by atoms with Gasteiger partial charge in [0.25, 0.3) is 0 Å². The number of carbonyl (C=O) groups is 1. The van der Waals surface area contributed by atoms with Gasteiger partial charge in [0.05, 0.1) is 0 Å². The van der Waals surface area contributed by atoms with Crippen LogP contribution >= 0.6 is 11.6 Å². The molecule has 0 saturated heterocycles. The lowest BCUT2D eigenvalue weighted by Gasteiger charge is -2.28. The molecule has 2 aromatic rings. The topological polar surface area (TPSA) is 47.6 Å². The molecule has 1 aliphatic carbocycles. The minimum atomic E-state index is -0.208. The average molecular weight is 386 g/mol. The summed E-state index contributed by atoms with van der Waals surface area (Å²) in [5.41, 5.74) is 1.98. The molecule has 0 spiro atoms. The summed E-state index contributed by atoms with van der Waals surface area (Å²) >= 11 is 6.26. The summed E-state index contributed by atoms with van der Waals surface area (Å²) in [6.07, 6.45) is 0.861. The van der Waals surface area contributed by atoms with E-state index in [4.69, 9.17) is 21.1 Å². The second-order valence-electron chi connectivity index (χ2n) is 7.93. The van der Waals surface area contributed by atoms with E-state index in [0.29, 0.717) is 19.8 Å². The quantitative estimate of drug-likeness (QED) is 0.834. The number of halogens is 1.